The number of carbonyl (C=O) groups is 2. The third-order valence-electron chi connectivity index (χ3n) is 12.8. The Morgan fingerprint density at radius 3 is 2.06 bits per heavy atom. The van der Waals surface area contributed by atoms with Crippen LogP contribution in [0.25, 0.3) is 0 Å². The summed E-state index contributed by atoms with van der Waals surface area (Å²) < 4.78 is 72.7. The van der Waals surface area contributed by atoms with Crippen LogP contribution in [-0.4, -0.2) is 85.5 Å². The van der Waals surface area contributed by atoms with Crippen molar-refractivity contribution in [2.24, 2.45) is 4.99 Å². The van der Waals surface area contributed by atoms with Gasteiger partial charge in [-0.1, -0.05) is 74.1 Å². The molecule has 0 bridgehead atoms. The average Bonchev–Trinajstić information content (AvgIpc) is 3.89. The molecule has 2 heterocycles. The van der Waals surface area contributed by atoms with Crippen LogP contribution in [0.3, 0.4) is 0 Å². The van der Waals surface area contributed by atoms with Crippen molar-refractivity contribution in [1.29, 1.82) is 0 Å². The Labute approximate surface area is 505 Å². The number of aliphatic imine (C=N–C) groups is 1. The monoisotopic (exact) mass is 1690 g/mol. The van der Waals surface area contributed by atoms with Gasteiger partial charge in [-0.15, -0.1) is 0 Å². The van der Waals surface area contributed by atoms with E-state index in [-0.39, 0.29) is 37.0 Å². The van der Waals surface area contributed by atoms with E-state index in [1.807, 2.05) is 98.0 Å². The number of hydrogen-bond donors (Lipinski definition) is 3. The van der Waals surface area contributed by atoms with Crippen molar-refractivity contribution < 1.29 is 35.5 Å². The van der Waals surface area contributed by atoms with E-state index in [4.69, 9.17) is 4.99 Å². The van der Waals surface area contributed by atoms with Gasteiger partial charge in [-0.05, 0) is 247 Å². The number of aryl methyl sites for hydroxylation is 2. The highest BCUT2D eigenvalue weighted by atomic mass is 127. The summed E-state index contributed by atoms with van der Waals surface area (Å²) in [5.74, 6) is -1.23. The summed E-state index contributed by atoms with van der Waals surface area (Å²) in [6.07, 6.45) is 15.1. The summed E-state index contributed by atoms with van der Waals surface area (Å²) in [5, 5.41) is 2.98. The number of hydrogen-bond acceptors (Lipinski definition) is 8. The molecule has 0 spiro atoms. The molecule has 2 aliphatic heterocycles. The highest BCUT2D eigenvalue weighted by Crippen LogP contribution is 2.55. The lowest BCUT2D eigenvalue weighted by atomic mass is 9.75. The third-order valence-corrected chi connectivity index (χ3v) is 24.6. The van der Waals surface area contributed by atoms with Gasteiger partial charge in [0.05, 0.1) is 16.9 Å². The number of nitrogens with one attached hydrogen (secondary N) is 1. The van der Waals surface area contributed by atoms with Crippen molar-refractivity contribution in [3.63, 3.8) is 0 Å². The summed E-state index contributed by atoms with van der Waals surface area (Å²) in [4.78, 5) is 36.3. The summed E-state index contributed by atoms with van der Waals surface area (Å²) in [6.45, 7) is 11.4. The Hall–Kier alpha value is -1.55. The zero-order chi connectivity index (χ0) is 52.9. The summed E-state index contributed by atoms with van der Waals surface area (Å²) in [7, 11) is -8.35. The zero-order valence-corrected chi connectivity index (χ0v) is 54.6. The lowest BCUT2D eigenvalue weighted by molar-refractivity contribution is -0.119. The van der Waals surface area contributed by atoms with Crippen LogP contribution in [0.15, 0.2) is 114 Å². The zero-order valence-electron chi connectivity index (χ0n) is 40.0. The van der Waals surface area contributed by atoms with Gasteiger partial charge in [-0.3, -0.25) is 23.7 Å². The maximum Gasteiger partial charge on any atom is 0.264 e. The van der Waals surface area contributed by atoms with Gasteiger partial charge >= 0.3 is 0 Å². The average molecular weight is 1690 g/mol. The highest BCUT2D eigenvalue weighted by molar-refractivity contribution is 14.1. The number of anilines is 2. The molecule has 3 N–H and O–H groups in total. The molecular formula is C52H54I6N4O8S2. The topological polar surface area (TPSA) is 174 Å². The van der Waals surface area contributed by atoms with E-state index in [0.29, 0.717) is 37.2 Å². The molecule has 4 aromatic carbocycles. The molecule has 72 heavy (non-hydrogen) atoms. The largest absolute Gasteiger partial charge is 0.344 e. The van der Waals surface area contributed by atoms with Gasteiger partial charge in [0.25, 0.3) is 26.1 Å². The first-order valence-electron chi connectivity index (χ1n) is 22.8. The molecule has 384 valence electrons. The van der Waals surface area contributed by atoms with Crippen LogP contribution in [0, 0.1) is 35.3 Å². The van der Waals surface area contributed by atoms with Crippen molar-refractivity contribution in [2.45, 2.75) is 77.2 Å². The molecule has 0 aliphatic carbocycles. The van der Waals surface area contributed by atoms with E-state index < -0.39 is 42.9 Å². The van der Waals surface area contributed by atoms with E-state index in [0.717, 1.165) is 66.3 Å². The summed E-state index contributed by atoms with van der Waals surface area (Å²) in [6, 6.07) is 18.8. The van der Waals surface area contributed by atoms with E-state index >= 15 is 0 Å². The van der Waals surface area contributed by atoms with Crippen LogP contribution in [0.1, 0.15) is 84.6 Å². The molecule has 1 fully saturated rings. The van der Waals surface area contributed by atoms with Crippen LogP contribution in [-0.2, 0) is 35.9 Å². The number of amides is 2. The lowest BCUT2D eigenvalue weighted by Crippen LogP contribution is -2.43. The number of rotatable bonds is 18. The number of halogens is 6. The predicted octanol–water partition coefficient (Wildman–Crippen LogP) is 12.8. The van der Waals surface area contributed by atoms with Crippen LogP contribution < -0.4 is 10.2 Å². The minimum Gasteiger partial charge on any atom is -0.344 e. The lowest BCUT2D eigenvalue weighted by Gasteiger charge is -2.31. The third kappa shape index (κ3) is 14.3. The van der Waals surface area contributed by atoms with Crippen molar-refractivity contribution in [3.8, 4) is 0 Å². The van der Waals surface area contributed by atoms with Gasteiger partial charge in [0, 0.05) is 80.4 Å². The second-order valence-electron chi connectivity index (χ2n) is 18.3. The molecule has 4 aromatic rings. The number of allylic oxidation sites excluding steroid dienone is 8. The smallest absolute Gasteiger partial charge is 0.264 e. The van der Waals surface area contributed by atoms with Gasteiger partial charge in [-0.2, -0.15) is 16.8 Å². The SMILES string of the molecule is Cc1ccc(NC(=O)C2CCCN2C(=O)c2ccc(C3(C)/C(=C/C=C/C=C/C=C/C(=NCCCS(=O)(=O)O)C(C)(C)c4c(C)cc(I)c(I)c4I)N(CCCS(=O)(=O)O)c4cc(I)c(I)c(I)c43)cc2)cc1. The Morgan fingerprint density at radius 1 is 0.806 bits per heavy atom. The molecule has 0 aromatic heterocycles. The van der Waals surface area contributed by atoms with Gasteiger partial charge in [0.15, 0.2) is 0 Å². The first kappa shape index (κ1) is 59.7. The molecular weight excluding hydrogens is 1630 g/mol. The first-order chi connectivity index (χ1) is 33.8. The van der Waals surface area contributed by atoms with Crippen molar-refractivity contribution >= 4 is 185 Å². The quantitative estimate of drug-likeness (QED) is 0.0219. The minimum absolute atomic E-state index is 0.164. The molecule has 1 saturated heterocycles. The van der Waals surface area contributed by atoms with Crippen LogP contribution >= 0.6 is 136 Å². The molecule has 2 amide bonds. The van der Waals surface area contributed by atoms with Gasteiger partial charge < -0.3 is 15.1 Å². The first-order valence-corrected chi connectivity index (χ1v) is 32.5. The van der Waals surface area contributed by atoms with Gasteiger partial charge in [0.1, 0.15) is 6.04 Å². The van der Waals surface area contributed by atoms with E-state index in [1.165, 1.54) is 0 Å². The molecule has 6 rings (SSSR count). The molecule has 20 heteroatoms. The molecule has 12 nitrogen and oxygen atoms in total. The van der Waals surface area contributed by atoms with Crippen molar-refractivity contribution in [2.75, 3.05) is 41.4 Å². The number of fused-ring (bicyclic) bond motifs is 1. The second-order valence-corrected chi connectivity index (χ2v) is 28.1. The van der Waals surface area contributed by atoms with E-state index in [2.05, 4.69) is 186 Å². The fourth-order valence-electron chi connectivity index (χ4n) is 9.25. The summed E-state index contributed by atoms with van der Waals surface area (Å²) in [5.41, 5.74) is 7.59. The Bertz CT molecular complexity index is 3120. The van der Waals surface area contributed by atoms with Crippen LogP contribution in [0.2, 0.25) is 0 Å². The molecule has 2 aliphatic rings. The molecule has 0 saturated carbocycles. The maximum atomic E-state index is 14.2. The van der Waals surface area contributed by atoms with E-state index in [1.54, 1.807) is 4.90 Å². The maximum absolute atomic E-state index is 14.2. The fraction of sp³-hybridized carbons (Fsp3) is 0.327. The van der Waals surface area contributed by atoms with Crippen LogP contribution in [0.5, 0.6) is 0 Å². The Balaban J connectivity index is 1.34. The van der Waals surface area contributed by atoms with Crippen LogP contribution in [0.4, 0.5) is 11.4 Å². The van der Waals surface area contributed by atoms with Gasteiger partial charge in [0.2, 0.25) is 5.91 Å². The number of nitrogens with zero attached hydrogens (tertiary/aromatic N) is 3. The number of likely N-dealkylation sites (tertiary alicyclic amines) is 1. The Morgan fingerprint density at radius 2 is 1.40 bits per heavy atom. The molecule has 2 atom stereocenters. The Kier molecular flexibility index (Phi) is 21.0. The minimum atomic E-state index is -4.23. The summed E-state index contributed by atoms with van der Waals surface area (Å²) >= 11 is 14.2. The normalized spacial score (nSPS) is 18.4. The second kappa shape index (κ2) is 25.3. The molecule has 0 radical (unpaired) electrons. The van der Waals surface area contributed by atoms with Crippen molar-refractivity contribution in [3.05, 3.63) is 164 Å². The standard InChI is InChI=1S/C52H54I6N4O8S2/c1-32-17-23-36(24-18-32)60-49(63)39-14-11-26-62(39)50(64)34-19-21-35(22-20-34)52(5)42(61(27-13-29-72(68,69)70)40-31-38(54)46(56)48(58)44(40)52)16-10-8-6-7-9-15-41(59-25-12-28-71(65,66)67)51(3,4)43-33(2)30-37(53)45(55)47(43)57/h6-10,15-24,30-31,39H,11-14,25-29H2,1-5H3,(H,60,63)(H,65,66,67)(H,68,69,70)/b7-6+,10-8+,15-9+,42-16-,59-41?. The fourth-order valence-corrected chi connectivity index (χ4v) is 15.9. The number of benzene rings is 4. The van der Waals surface area contributed by atoms with Gasteiger partial charge in [-0.25, -0.2) is 0 Å². The molecule has 2 unspecified atom stereocenters. The number of carbonyl (C=O) groups excluding carboxylic acids is 2. The highest BCUT2D eigenvalue weighted by Gasteiger charge is 2.47. The van der Waals surface area contributed by atoms with Crippen molar-refractivity contribution in [1.82, 2.24) is 4.90 Å². The van der Waals surface area contributed by atoms with E-state index in [9.17, 15) is 35.5 Å². The predicted molar refractivity (Wildman–Crippen MR) is 341 cm³/mol.